The molecule has 2 heteroatoms. The zero-order chi connectivity index (χ0) is 9.28. The van der Waals surface area contributed by atoms with Gasteiger partial charge in [0, 0.05) is 13.1 Å². The summed E-state index contributed by atoms with van der Waals surface area (Å²) in [5.41, 5.74) is 0. The van der Waals surface area contributed by atoms with E-state index >= 15 is 0 Å². The Kier molecular flexibility index (Phi) is 12.2. The molecule has 0 amide bonds. The molecule has 2 nitrogen and oxygen atoms in total. The number of hydrogen-bond donors (Lipinski definition) is 0. The van der Waals surface area contributed by atoms with E-state index in [4.69, 9.17) is 0 Å². The zero-order valence-corrected chi connectivity index (χ0v) is 9.02. The Hall–Kier alpha value is -0.0800. The minimum absolute atomic E-state index is 1.15. The van der Waals surface area contributed by atoms with E-state index in [1.54, 1.807) is 0 Å². The van der Waals surface area contributed by atoms with Gasteiger partial charge in [-0.1, -0.05) is 20.8 Å². The molecule has 0 rings (SSSR count). The van der Waals surface area contributed by atoms with Crippen molar-refractivity contribution >= 4 is 0 Å². The van der Waals surface area contributed by atoms with Crippen molar-refractivity contribution < 1.29 is 0 Å². The molecular weight excluding hydrogens is 136 g/mol. The summed E-state index contributed by atoms with van der Waals surface area (Å²) >= 11 is 0. The van der Waals surface area contributed by atoms with Crippen LogP contribution in [0, 0.1) is 0 Å². The Balaban J connectivity index is 0. The fraction of sp³-hybridized carbons (Fsp3) is 1.00. The lowest BCUT2D eigenvalue weighted by atomic mass is 10.5. The molecule has 0 heterocycles. The van der Waals surface area contributed by atoms with Gasteiger partial charge in [0.2, 0.25) is 0 Å². The maximum atomic E-state index is 2.31. The van der Waals surface area contributed by atoms with Crippen LogP contribution in [-0.2, 0) is 0 Å². The normalized spacial score (nSPS) is 9.82. The van der Waals surface area contributed by atoms with E-state index in [0.29, 0.717) is 0 Å². The van der Waals surface area contributed by atoms with Gasteiger partial charge in [0.25, 0.3) is 0 Å². The molecule has 0 unspecified atom stereocenters. The van der Waals surface area contributed by atoms with Gasteiger partial charge in [-0.2, -0.15) is 0 Å². The second-order valence-electron chi connectivity index (χ2n) is 2.70. The Morgan fingerprint density at radius 2 is 1.36 bits per heavy atom. The third-order valence-electron chi connectivity index (χ3n) is 1.47. The minimum atomic E-state index is 1.15. The van der Waals surface area contributed by atoms with Crippen molar-refractivity contribution in [2.75, 3.05) is 40.8 Å². The molecule has 0 saturated carbocycles. The molecular formula is C9H24N2. The predicted molar refractivity (Wildman–Crippen MR) is 53.1 cm³/mol. The summed E-state index contributed by atoms with van der Waals surface area (Å²) in [7, 11) is 6.34. The number of nitrogens with zero attached hydrogens (tertiary/aromatic N) is 2. The van der Waals surface area contributed by atoms with Gasteiger partial charge in [0.15, 0.2) is 0 Å². The van der Waals surface area contributed by atoms with Crippen molar-refractivity contribution in [1.29, 1.82) is 0 Å². The Bertz CT molecular complexity index is 62.6. The SMILES string of the molecule is CC.CCN(C)CCN(C)C. The molecule has 0 aromatic carbocycles. The summed E-state index contributed by atoms with van der Waals surface area (Å²) in [6.07, 6.45) is 0. The van der Waals surface area contributed by atoms with E-state index in [9.17, 15) is 0 Å². The van der Waals surface area contributed by atoms with Crippen molar-refractivity contribution in [1.82, 2.24) is 9.80 Å². The van der Waals surface area contributed by atoms with Gasteiger partial charge in [-0.3, -0.25) is 0 Å². The van der Waals surface area contributed by atoms with E-state index in [1.165, 1.54) is 6.54 Å². The van der Waals surface area contributed by atoms with Crippen LogP contribution >= 0.6 is 0 Å². The van der Waals surface area contributed by atoms with Crippen molar-refractivity contribution in [3.63, 3.8) is 0 Å². The predicted octanol–water partition coefficient (Wildman–Crippen LogP) is 1.53. The molecule has 0 aromatic rings. The lowest BCUT2D eigenvalue weighted by Gasteiger charge is -2.16. The highest BCUT2D eigenvalue weighted by atomic mass is 15.1. The van der Waals surface area contributed by atoms with Crippen molar-refractivity contribution in [2.45, 2.75) is 20.8 Å². The summed E-state index contributed by atoms with van der Waals surface area (Å²) < 4.78 is 0. The third-order valence-corrected chi connectivity index (χ3v) is 1.47. The lowest BCUT2D eigenvalue weighted by molar-refractivity contribution is 0.292. The Morgan fingerprint density at radius 3 is 1.64 bits per heavy atom. The van der Waals surface area contributed by atoms with Crippen LogP contribution < -0.4 is 0 Å². The molecule has 0 radical (unpaired) electrons. The van der Waals surface area contributed by atoms with Crippen LogP contribution in [0.2, 0.25) is 0 Å². The van der Waals surface area contributed by atoms with Gasteiger partial charge in [0.1, 0.15) is 0 Å². The van der Waals surface area contributed by atoms with Gasteiger partial charge < -0.3 is 9.80 Å². The number of hydrogen-bond acceptors (Lipinski definition) is 2. The van der Waals surface area contributed by atoms with Crippen LogP contribution in [0.5, 0.6) is 0 Å². The van der Waals surface area contributed by atoms with Crippen molar-refractivity contribution in [3.05, 3.63) is 0 Å². The van der Waals surface area contributed by atoms with Gasteiger partial charge in [-0.15, -0.1) is 0 Å². The van der Waals surface area contributed by atoms with E-state index in [1.807, 2.05) is 13.8 Å². The fourth-order valence-electron chi connectivity index (χ4n) is 0.529. The monoisotopic (exact) mass is 160 g/mol. The summed E-state index contributed by atoms with van der Waals surface area (Å²) in [6.45, 7) is 9.65. The standard InChI is InChI=1S/C7H18N2.C2H6/c1-5-9(4)7-6-8(2)3;1-2/h5-7H2,1-4H3;1-2H3. The molecule has 0 N–H and O–H groups in total. The van der Waals surface area contributed by atoms with Crippen molar-refractivity contribution in [2.24, 2.45) is 0 Å². The molecule has 0 spiro atoms. The Labute approximate surface area is 72.2 Å². The maximum absolute atomic E-state index is 2.31. The molecule has 0 aromatic heterocycles. The largest absolute Gasteiger partial charge is 0.308 e. The third kappa shape index (κ3) is 13.0. The minimum Gasteiger partial charge on any atom is -0.308 e. The first-order valence-corrected chi connectivity index (χ1v) is 4.50. The summed E-state index contributed by atoms with van der Waals surface area (Å²) in [5, 5.41) is 0. The molecule has 0 atom stereocenters. The van der Waals surface area contributed by atoms with E-state index in [2.05, 4.69) is 37.9 Å². The first-order valence-electron chi connectivity index (χ1n) is 4.50. The second-order valence-corrected chi connectivity index (χ2v) is 2.70. The molecule has 0 fully saturated rings. The molecule has 0 aliphatic carbocycles. The molecule has 70 valence electrons. The maximum Gasteiger partial charge on any atom is 0.0106 e. The summed E-state index contributed by atoms with van der Waals surface area (Å²) in [5.74, 6) is 0. The fourth-order valence-corrected chi connectivity index (χ4v) is 0.529. The number of rotatable bonds is 4. The zero-order valence-electron chi connectivity index (χ0n) is 9.02. The highest BCUT2D eigenvalue weighted by Crippen LogP contribution is 1.81. The number of likely N-dealkylation sites (N-methyl/N-ethyl adjacent to an activating group) is 2. The topological polar surface area (TPSA) is 6.48 Å². The van der Waals surface area contributed by atoms with Gasteiger partial charge in [-0.05, 0) is 27.7 Å². The van der Waals surface area contributed by atoms with E-state index in [0.717, 1.165) is 13.1 Å². The van der Waals surface area contributed by atoms with E-state index in [-0.39, 0.29) is 0 Å². The molecule has 0 aliphatic heterocycles. The van der Waals surface area contributed by atoms with Crippen LogP contribution in [0.4, 0.5) is 0 Å². The van der Waals surface area contributed by atoms with Gasteiger partial charge in [0.05, 0.1) is 0 Å². The first-order chi connectivity index (χ1) is 5.16. The van der Waals surface area contributed by atoms with Gasteiger partial charge >= 0.3 is 0 Å². The van der Waals surface area contributed by atoms with Crippen LogP contribution in [0.3, 0.4) is 0 Å². The Morgan fingerprint density at radius 1 is 0.909 bits per heavy atom. The first kappa shape index (κ1) is 13.5. The molecule has 0 bridgehead atoms. The van der Waals surface area contributed by atoms with Crippen LogP contribution in [-0.4, -0.2) is 50.6 Å². The average Bonchev–Trinajstić information content (AvgIpc) is 2.04. The summed E-state index contributed by atoms with van der Waals surface area (Å²) in [4.78, 5) is 4.51. The van der Waals surface area contributed by atoms with E-state index < -0.39 is 0 Å². The summed E-state index contributed by atoms with van der Waals surface area (Å²) in [6, 6.07) is 0. The van der Waals surface area contributed by atoms with Crippen LogP contribution in [0.25, 0.3) is 0 Å². The van der Waals surface area contributed by atoms with Gasteiger partial charge in [-0.25, -0.2) is 0 Å². The highest BCUT2D eigenvalue weighted by Gasteiger charge is 1.93. The molecule has 0 saturated heterocycles. The van der Waals surface area contributed by atoms with Crippen LogP contribution in [0.15, 0.2) is 0 Å². The average molecular weight is 160 g/mol. The van der Waals surface area contributed by atoms with Crippen molar-refractivity contribution in [3.8, 4) is 0 Å². The highest BCUT2D eigenvalue weighted by molar-refractivity contribution is 4.49. The quantitative estimate of drug-likeness (QED) is 0.615. The smallest absolute Gasteiger partial charge is 0.0106 e. The molecule has 11 heavy (non-hydrogen) atoms. The molecule has 0 aliphatic rings. The van der Waals surface area contributed by atoms with Crippen LogP contribution in [0.1, 0.15) is 20.8 Å². The second kappa shape index (κ2) is 9.92. The lowest BCUT2D eigenvalue weighted by Crippen LogP contribution is -2.28.